The molecule has 130 valence electrons. The molecule has 25 heavy (non-hydrogen) atoms. The number of rotatable bonds is 2. The molecule has 0 radical (unpaired) electrons. The highest BCUT2D eigenvalue weighted by Crippen LogP contribution is 2.48. The Morgan fingerprint density at radius 2 is 1.92 bits per heavy atom. The predicted octanol–water partition coefficient (Wildman–Crippen LogP) is 3.98. The van der Waals surface area contributed by atoms with Crippen molar-refractivity contribution in [2.75, 3.05) is 6.54 Å². The minimum atomic E-state index is -0.881. The molecule has 2 aliphatic rings. The maximum atomic E-state index is 6.40. The van der Waals surface area contributed by atoms with Crippen molar-refractivity contribution in [3.63, 3.8) is 0 Å². The number of benzene rings is 2. The van der Waals surface area contributed by atoms with Crippen molar-refractivity contribution in [2.24, 2.45) is 5.73 Å². The van der Waals surface area contributed by atoms with E-state index in [2.05, 4.69) is 6.07 Å². The van der Waals surface area contributed by atoms with Gasteiger partial charge in [0.15, 0.2) is 16.6 Å². The third kappa shape index (κ3) is 2.71. The van der Waals surface area contributed by atoms with E-state index in [1.165, 1.54) is 11.1 Å². The number of ether oxygens (including phenoxy) is 2. The highest BCUT2D eigenvalue weighted by molar-refractivity contribution is 7.80. The van der Waals surface area contributed by atoms with E-state index in [0.717, 1.165) is 30.0 Å². The van der Waals surface area contributed by atoms with Crippen LogP contribution in [0.4, 0.5) is 0 Å². The minimum absolute atomic E-state index is 0.433. The van der Waals surface area contributed by atoms with Gasteiger partial charge in [-0.15, -0.1) is 0 Å². The van der Waals surface area contributed by atoms with Gasteiger partial charge in [-0.05, 0) is 54.0 Å². The van der Waals surface area contributed by atoms with Crippen LogP contribution in [0, 0.1) is 0 Å². The number of nitrogens with zero attached hydrogens (tertiary/aromatic N) is 1. The van der Waals surface area contributed by atoms with Gasteiger partial charge in [0, 0.05) is 19.5 Å². The lowest BCUT2D eigenvalue weighted by Crippen LogP contribution is -2.39. The Balaban J connectivity index is 1.71. The van der Waals surface area contributed by atoms with Crippen LogP contribution in [0.1, 0.15) is 30.0 Å². The van der Waals surface area contributed by atoms with Gasteiger partial charge in [-0.25, -0.2) is 0 Å². The first-order chi connectivity index (χ1) is 12.0. The molecule has 0 saturated heterocycles. The molecule has 4 nitrogen and oxygen atoms in total. The first-order valence-corrected chi connectivity index (χ1v) is 9.14. The summed E-state index contributed by atoms with van der Waals surface area (Å²) in [5.74, 6) is 0.627. The second kappa shape index (κ2) is 6.07. The molecule has 2 N–H and O–H groups in total. The van der Waals surface area contributed by atoms with Crippen molar-refractivity contribution in [1.82, 2.24) is 4.90 Å². The normalized spacial score (nSPS) is 21.1. The minimum Gasteiger partial charge on any atom is -0.444 e. The van der Waals surface area contributed by atoms with E-state index in [1.807, 2.05) is 42.2 Å². The smallest absolute Gasteiger partial charge is 0.279 e. The van der Waals surface area contributed by atoms with E-state index in [1.54, 1.807) is 0 Å². The van der Waals surface area contributed by atoms with E-state index in [0.29, 0.717) is 23.1 Å². The summed E-state index contributed by atoms with van der Waals surface area (Å²) in [5, 5.41) is 1.07. The van der Waals surface area contributed by atoms with Gasteiger partial charge in [0.1, 0.15) is 0 Å². The molecule has 2 aliphatic heterocycles. The molecule has 0 amide bonds. The van der Waals surface area contributed by atoms with Crippen LogP contribution in [0.2, 0.25) is 5.02 Å². The Kier molecular flexibility index (Phi) is 4.01. The summed E-state index contributed by atoms with van der Waals surface area (Å²) in [6.45, 7) is 3.56. The number of hydrogen-bond acceptors (Lipinski definition) is 3. The SMILES string of the molecule is CCC1(c2ccccc2Cl)Oc2cc3c(cc2O1)CN(C(N)=S)CC3. The zero-order chi connectivity index (χ0) is 17.6. The second-order valence-electron chi connectivity index (χ2n) is 6.37. The Labute approximate surface area is 157 Å². The van der Waals surface area contributed by atoms with E-state index in [4.69, 9.17) is 39.0 Å². The number of nitrogens with two attached hydrogens (primary N) is 1. The van der Waals surface area contributed by atoms with Gasteiger partial charge in [0.05, 0.1) is 10.6 Å². The monoisotopic (exact) mass is 374 g/mol. The molecular formula is C19H19ClN2O2S. The van der Waals surface area contributed by atoms with Gasteiger partial charge in [-0.1, -0.05) is 30.7 Å². The Morgan fingerprint density at radius 1 is 1.24 bits per heavy atom. The third-order valence-electron chi connectivity index (χ3n) is 4.89. The van der Waals surface area contributed by atoms with E-state index >= 15 is 0 Å². The summed E-state index contributed by atoms with van der Waals surface area (Å²) in [6, 6.07) is 11.8. The summed E-state index contributed by atoms with van der Waals surface area (Å²) in [4.78, 5) is 2.00. The molecule has 2 aromatic rings. The molecule has 0 spiro atoms. The summed E-state index contributed by atoms with van der Waals surface area (Å²) in [5.41, 5.74) is 9.05. The van der Waals surface area contributed by atoms with Gasteiger partial charge >= 0.3 is 0 Å². The molecule has 0 bridgehead atoms. The van der Waals surface area contributed by atoms with Crippen molar-refractivity contribution in [3.8, 4) is 11.5 Å². The molecule has 0 aliphatic carbocycles. The largest absolute Gasteiger partial charge is 0.444 e. The first kappa shape index (κ1) is 16.5. The average Bonchev–Trinajstić information content (AvgIpc) is 2.98. The van der Waals surface area contributed by atoms with E-state index < -0.39 is 5.79 Å². The fourth-order valence-electron chi connectivity index (χ4n) is 3.50. The highest BCUT2D eigenvalue weighted by Gasteiger charge is 2.43. The molecule has 0 saturated carbocycles. The number of fused-ring (bicyclic) bond motifs is 2. The molecule has 4 rings (SSSR count). The number of thiocarbonyl (C=S) groups is 1. The maximum absolute atomic E-state index is 6.40. The summed E-state index contributed by atoms with van der Waals surface area (Å²) in [7, 11) is 0. The van der Waals surface area contributed by atoms with Gasteiger partial charge in [0.25, 0.3) is 5.79 Å². The fourth-order valence-corrected chi connectivity index (χ4v) is 3.94. The summed E-state index contributed by atoms with van der Waals surface area (Å²) >= 11 is 11.5. The van der Waals surface area contributed by atoms with Crippen LogP contribution in [0.25, 0.3) is 0 Å². The number of halogens is 1. The Morgan fingerprint density at radius 3 is 2.56 bits per heavy atom. The number of hydrogen-bond donors (Lipinski definition) is 1. The quantitative estimate of drug-likeness (QED) is 0.806. The topological polar surface area (TPSA) is 47.7 Å². The standard InChI is InChI=1S/C19H19ClN2O2S/c1-2-19(14-5-3-4-6-15(14)20)23-16-9-12-7-8-22(18(21)25)11-13(12)10-17(16)24-19/h3-6,9-10H,2,7-8,11H2,1H3,(H2,21,25). The molecule has 0 fully saturated rings. The molecule has 1 atom stereocenters. The van der Waals surface area contributed by atoms with Gasteiger partial charge < -0.3 is 20.1 Å². The van der Waals surface area contributed by atoms with Crippen molar-refractivity contribution in [2.45, 2.75) is 32.1 Å². The van der Waals surface area contributed by atoms with Crippen LogP contribution >= 0.6 is 23.8 Å². The van der Waals surface area contributed by atoms with E-state index in [-0.39, 0.29) is 0 Å². The maximum Gasteiger partial charge on any atom is 0.279 e. The zero-order valence-corrected chi connectivity index (χ0v) is 15.5. The Hall–Kier alpha value is -1.98. The van der Waals surface area contributed by atoms with Gasteiger partial charge in [-0.3, -0.25) is 0 Å². The second-order valence-corrected chi connectivity index (χ2v) is 7.19. The van der Waals surface area contributed by atoms with Crippen LogP contribution in [-0.4, -0.2) is 16.6 Å². The van der Waals surface area contributed by atoms with Crippen molar-refractivity contribution < 1.29 is 9.47 Å². The molecular weight excluding hydrogens is 356 g/mol. The third-order valence-corrected chi connectivity index (χ3v) is 5.48. The van der Waals surface area contributed by atoms with Crippen LogP contribution in [-0.2, 0) is 18.8 Å². The van der Waals surface area contributed by atoms with Crippen molar-refractivity contribution in [1.29, 1.82) is 0 Å². The molecule has 6 heteroatoms. The molecule has 0 aromatic heterocycles. The molecule has 2 heterocycles. The fraction of sp³-hybridized carbons (Fsp3) is 0.316. The van der Waals surface area contributed by atoms with Crippen LogP contribution in [0.3, 0.4) is 0 Å². The summed E-state index contributed by atoms with van der Waals surface area (Å²) in [6.07, 6.45) is 1.53. The first-order valence-electron chi connectivity index (χ1n) is 8.35. The molecule has 1 unspecified atom stereocenters. The predicted molar refractivity (Wildman–Crippen MR) is 102 cm³/mol. The van der Waals surface area contributed by atoms with Gasteiger partial charge in [-0.2, -0.15) is 0 Å². The lowest BCUT2D eigenvalue weighted by atomic mass is 9.99. The van der Waals surface area contributed by atoms with Crippen LogP contribution in [0.15, 0.2) is 36.4 Å². The lowest BCUT2D eigenvalue weighted by Gasteiger charge is -2.29. The molecule has 2 aromatic carbocycles. The zero-order valence-electron chi connectivity index (χ0n) is 13.9. The highest BCUT2D eigenvalue weighted by atomic mass is 35.5. The van der Waals surface area contributed by atoms with E-state index in [9.17, 15) is 0 Å². The Bertz CT molecular complexity index is 857. The van der Waals surface area contributed by atoms with Crippen LogP contribution in [0.5, 0.6) is 11.5 Å². The lowest BCUT2D eigenvalue weighted by molar-refractivity contribution is -0.0890. The summed E-state index contributed by atoms with van der Waals surface area (Å²) < 4.78 is 12.6. The van der Waals surface area contributed by atoms with Crippen molar-refractivity contribution >= 4 is 28.9 Å². The average molecular weight is 375 g/mol. The van der Waals surface area contributed by atoms with Crippen LogP contribution < -0.4 is 15.2 Å². The van der Waals surface area contributed by atoms with Gasteiger partial charge in [0.2, 0.25) is 0 Å². The van der Waals surface area contributed by atoms with Crippen molar-refractivity contribution in [3.05, 3.63) is 58.1 Å².